The first kappa shape index (κ1) is 32.7. The molecular weight excluding hydrogens is 531 g/mol. The maximum absolute atomic E-state index is 14.4. The number of hydrogen-bond acceptors (Lipinski definition) is 6. The predicted octanol–water partition coefficient (Wildman–Crippen LogP) is 3.88. The van der Waals surface area contributed by atoms with E-state index in [-0.39, 0.29) is 36.0 Å². The van der Waals surface area contributed by atoms with E-state index in [2.05, 4.69) is 39.6 Å². The third kappa shape index (κ3) is 9.89. The minimum absolute atomic E-state index is 0.107. The molecule has 0 aromatic carbocycles. The molecule has 12 heteroatoms. The molecule has 0 aliphatic rings. The maximum atomic E-state index is 14.4. The van der Waals surface area contributed by atoms with Gasteiger partial charge >= 0.3 is 6.09 Å². The number of amides is 3. The van der Waals surface area contributed by atoms with E-state index in [9.17, 15) is 23.6 Å². The highest BCUT2D eigenvalue weighted by Crippen LogP contribution is 2.23. The van der Waals surface area contributed by atoms with Crippen LogP contribution < -0.4 is 16.6 Å². The second-order valence-corrected chi connectivity index (χ2v) is 10.1. The minimum atomic E-state index is -0.745. The van der Waals surface area contributed by atoms with Gasteiger partial charge in [-0.2, -0.15) is 0 Å². The Hall–Kier alpha value is -4.48. The number of nitrogens with zero attached hydrogens (tertiary/aromatic N) is 3. The number of primary amides is 1. The molecule has 41 heavy (non-hydrogen) atoms. The first-order valence-corrected chi connectivity index (χ1v) is 13.2. The number of nitrogens with two attached hydrogens (primary N) is 1. The lowest BCUT2D eigenvalue weighted by molar-refractivity contribution is -0.123. The molecule has 3 rings (SSSR count). The molecule has 0 fully saturated rings. The summed E-state index contributed by atoms with van der Waals surface area (Å²) in [5.41, 5.74) is 7.12. The van der Waals surface area contributed by atoms with Crippen LogP contribution in [-0.4, -0.2) is 58.5 Å². The van der Waals surface area contributed by atoms with Gasteiger partial charge in [-0.1, -0.05) is 19.9 Å². The number of ether oxygens (including phenoxy) is 1. The molecule has 3 aromatic rings. The van der Waals surface area contributed by atoms with Gasteiger partial charge in [0.2, 0.25) is 11.8 Å². The van der Waals surface area contributed by atoms with Crippen molar-refractivity contribution in [1.82, 2.24) is 19.4 Å². The van der Waals surface area contributed by atoms with Crippen LogP contribution in [0.25, 0.3) is 10.9 Å². The van der Waals surface area contributed by atoms with E-state index in [0.29, 0.717) is 47.5 Å². The van der Waals surface area contributed by atoms with Gasteiger partial charge in [0.25, 0.3) is 5.56 Å². The summed E-state index contributed by atoms with van der Waals surface area (Å²) in [4.78, 5) is 55.4. The van der Waals surface area contributed by atoms with Crippen LogP contribution in [0.2, 0.25) is 0 Å². The van der Waals surface area contributed by atoms with E-state index in [1.165, 1.54) is 24.3 Å². The Labute approximate surface area is 238 Å². The number of likely N-dealkylation sites (N-methyl/N-ethyl adjacent to an activating group) is 1. The molecule has 0 radical (unpaired) electrons. The molecule has 0 aliphatic heterocycles. The molecule has 0 bridgehead atoms. The number of H-pyrrole nitrogens is 1. The van der Waals surface area contributed by atoms with E-state index < -0.39 is 11.9 Å². The van der Waals surface area contributed by atoms with Crippen molar-refractivity contribution in [3.63, 3.8) is 0 Å². The Morgan fingerprint density at radius 3 is 2.56 bits per heavy atom. The monoisotopic (exact) mass is 570 g/mol. The highest BCUT2D eigenvalue weighted by Gasteiger charge is 2.15. The van der Waals surface area contributed by atoms with Crippen molar-refractivity contribution in [3.8, 4) is 0 Å². The SMILES string of the molecule is COC(N)=O.Cc1ccc(NC(=O)CCC/C=C/C(=O)N(C)C)c(=O)n1Cc1cc2c(F)cnc(CC(C)C)c2[nH]1. The zero-order chi connectivity index (χ0) is 30.7. The Morgan fingerprint density at radius 2 is 1.95 bits per heavy atom. The van der Waals surface area contributed by atoms with Crippen LogP contribution in [0.5, 0.6) is 0 Å². The normalized spacial score (nSPS) is 10.9. The summed E-state index contributed by atoms with van der Waals surface area (Å²) in [5.74, 6) is -0.428. The van der Waals surface area contributed by atoms with Crippen molar-refractivity contribution in [2.45, 2.75) is 53.0 Å². The van der Waals surface area contributed by atoms with Crippen LogP contribution in [0, 0.1) is 18.7 Å². The smallest absolute Gasteiger partial charge is 0.404 e. The first-order chi connectivity index (χ1) is 19.3. The van der Waals surface area contributed by atoms with Crippen LogP contribution in [0.15, 0.2) is 41.3 Å². The lowest BCUT2D eigenvalue weighted by atomic mass is 10.1. The molecule has 0 saturated heterocycles. The number of aromatic amines is 1. The molecular formula is C29H39FN6O5. The molecule has 0 spiro atoms. The van der Waals surface area contributed by atoms with Gasteiger partial charge in [0, 0.05) is 37.3 Å². The molecule has 3 heterocycles. The summed E-state index contributed by atoms with van der Waals surface area (Å²) in [6.07, 6.45) is 5.77. The average molecular weight is 571 g/mol. The number of halogens is 1. The summed E-state index contributed by atoms with van der Waals surface area (Å²) in [6.45, 7) is 6.16. The number of hydrogen-bond donors (Lipinski definition) is 3. The number of fused-ring (bicyclic) bond motifs is 1. The molecule has 0 saturated carbocycles. The van der Waals surface area contributed by atoms with Crippen LogP contribution >= 0.6 is 0 Å². The molecule has 0 aliphatic carbocycles. The van der Waals surface area contributed by atoms with Gasteiger partial charge in [-0.15, -0.1) is 0 Å². The van der Waals surface area contributed by atoms with Crippen LogP contribution in [0.3, 0.4) is 0 Å². The van der Waals surface area contributed by atoms with Gasteiger partial charge in [-0.25, -0.2) is 9.18 Å². The molecule has 0 atom stereocenters. The molecule has 4 N–H and O–H groups in total. The van der Waals surface area contributed by atoms with Crippen molar-refractivity contribution in [3.05, 3.63) is 69.8 Å². The molecule has 0 unspecified atom stereocenters. The van der Waals surface area contributed by atoms with Gasteiger partial charge in [0.1, 0.15) is 5.69 Å². The number of aryl methyl sites for hydroxylation is 1. The summed E-state index contributed by atoms with van der Waals surface area (Å²) in [6, 6.07) is 5.07. The Kier molecular flexibility index (Phi) is 12.2. The van der Waals surface area contributed by atoms with E-state index in [1.807, 2.05) is 6.92 Å². The van der Waals surface area contributed by atoms with Crippen molar-refractivity contribution in [2.75, 3.05) is 26.5 Å². The van der Waals surface area contributed by atoms with Crippen molar-refractivity contribution in [1.29, 1.82) is 0 Å². The van der Waals surface area contributed by atoms with Gasteiger partial charge in [-0.3, -0.25) is 19.4 Å². The van der Waals surface area contributed by atoms with Crippen LogP contribution in [-0.2, 0) is 27.3 Å². The summed E-state index contributed by atoms with van der Waals surface area (Å²) < 4.78 is 19.9. The molecule has 222 valence electrons. The summed E-state index contributed by atoms with van der Waals surface area (Å²) in [7, 11) is 4.57. The number of aromatic nitrogens is 3. The second-order valence-electron chi connectivity index (χ2n) is 10.1. The van der Waals surface area contributed by atoms with Crippen molar-refractivity contribution in [2.24, 2.45) is 11.7 Å². The Balaban J connectivity index is 0.00000108. The second kappa shape index (κ2) is 15.3. The number of carbonyl (C=O) groups excluding carboxylic acids is 3. The number of carbonyl (C=O) groups is 3. The zero-order valence-corrected chi connectivity index (χ0v) is 24.4. The third-order valence-electron chi connectivity index (χ3n) is 6.03. The van der Waals surface area contributed by atoms with Gasteiger partial charge in [-0.05, 0) is 56.4 Å². The largest absolute Gasteiger partial charge is 0.453 e. The number of allylic oxidation sites excluding steroid dienone is 1. The minimum Gasteiger partial charge on any atom is -0.453 e. The average Bonchev–Trinajstić information content (AvgIpc) is 3.34. The van der Waals surface area contributed by atoms with Gasteiger partial charge in [0.15, 0.2) is 5.82 Å². The lowest BCUT2D eigenvalue weighted by Gasteiger charge is -2.12. The summed E-state index contributed by atoms with van der Waals surface area (Å²) >= 11 is 0. The van der Waals surface area contributed by atoms with Crippen LogP contribution in [0.4, 0.5) is 14.9 Å². The summed E-state index contributed by atoms with van der Waals surface area (Å²) in [5, 5.41) is 3.15. The number of unbranched alkanes of at least 4 members (excludes halogenated alkanes) is 1. The Morgan fingerprint density at radius 1 is 1.27 bits per heavy atom. The highest BCUT2D eigenvalue weighted by molar-refractivity contribution is 5.90. The number of pyridine rings is 2. The van der Waals surface area contributed by atoms with E-state index in [4.69, 9.17) is 0 Å². The quantitative estimate of drug-likeness (QED) is 0.248. The lowest BCUT2D eigenvalue weighted by Crippen LogP contribution is -2.27. The van der Waals surface area contributed by atoms with Gasteiger partial charge < -0.3 is 30.2 Å². The van der Waals surface area contributed by atoms with E-state index >= 15 is 0 Å². The zero-order valence-electron chi connectivity index (χ0n) is 24.4. The third-order valence-corrected chi connectivity index (χ3v) is 6.03. The fourth-order valence-electron chi connectivity index (χ4n) is 3.88. The van der Waals surface area contributed by atoms with E-state index in [0.717, 1.165) is 5.69 Å². The first-order valence-electron chi connectivity index (χ1n) is 13.2. The van der Waals surface area contributed by atoms with Gasteiger partial charge in [0.05, 0.1) is 31.1 Å². The van der Waals surface area contributed by atoms with E-state index in [1.54, 1.807) is 42.9 Å². The number of methoxy groups -OCH3 is 1. The number of rotatable bonds is 10. The van der Waals surface area contributed by atoms with Crippen molar-refractivity contribution < 1.29 is 23.5 Å². The number of anilines is 1. The highest BCUT2D eigenvalue weighted by atomic mass is 19.1. The number of nitrogens with one attached hydrogen (secondary N) is 2. The fourth-order valence-corrected chi connectivity index (χ4v) is 3.88. The van der Waals surface area contributed by atoms with Crippen LogP contribution in [0.1, 0.15) is 50.2 Å². The maximum Gasteiger partial charge on any atom is 0.404 e. The molecule has 3 amide bonds. The fraction of sp³-hybridized carbons (Fsp3) is 0.414. The van der Waals surface area contributed by atoms with Crippen molar-refractivity contribution >= 4 is 34.5 Å². The molecule has 3 aromatic heterocycles. The predicted molar refractivity (Wildman–Crippen MR) is 156 cm³/mol. The molecule has 11 nitrogen and oxygen atoms in total. The topological polar surface area (TPSA) is 152 Å². The Bertz CT molecular complexity index is 1460. The standard InChI is InChI=1S/C27H34FN5O3.C2H5NO2/c1-17(2)13-23-26-20(21(28)15-29-23)14-19(30-26)16-33-18(3)11-12-22(27(33)36)31-24(34)9-7-6-8-10-25(35)32(4)5;1-5-2(3)4/h8,10-12,14-15,17,30H,6-7,9,13,16H2,1-5H3,(H,31,34);1H3,(H2,3,4)/b10-8+;.